The lowest BCUT2D eigenvalue weighted by atomic mass is 10.1. The first-order valence-electron chi connectivity index (χ1n) is 10.9. The van der Waals surface area contributed by atoms with Crippen LogP contribution >= 0.6 is 11.6 Å². The SMILES string of the molecule is C=CC(=O)N1CC=C(C(=O)Nc2nc3cccc(Cl)c3n2[C@@H]2CCCCN(C(=O)C=C)C2)C1. The van der Waals surface area contributed by atoms with Crippen LogP contribution in [0.1, 0.15) is 25.3 Å². The lowest BCUT2D eigenvalue weighted by Gasteiger charge is -2.26. The molecule has 2 aliphatic heterocycles. The Kier molecular flexibility index (Phi) is 6.65. The summed E-state index contributed by atoms with van der Waals surface area (Å²) in [5.74, 6) is -0.297. The number of likely N-dealkylation sites (tertiary alicyclic amines) is 1. The summed E-state index contributed by atoms with van der Waals surface area (Å²) >= 11 is 6.56. The van der Waals surface area contributed by atoms with Gasteiger partial charge in [0, 0.05) is 25.2 Å². The van der Waals surface area contributed by atoms with Crippen LogP contribution in [-0.2, 0) is 14.4 Å². The van der Waals surface area contributed by atoms with Gasteiger partial charge in [-0.1, -0.05) is 36.9 Å². The van der Waals surface area contributed by atoms with Gasteiger partial charge in [0.1, 0.15) is 0 Å². The minimum Gasteiger partial charge on any atom is -0.337 e. The topological polar surface area (TPSA) is 87.5 Å². The van der Waals surface area contributed by atoms with E-state index in [0.717, 1.165) is 24.8 Å². The fraction of sp³-hybridized carbons (Fsp3) is 0.333. The number of benzene rings is 1. The number of hydrogen-bond donors (Lipinski definition) is 1. The summed E-state index contributed by atoms with van der Waals surface area (Å²) in [5.41, 5.74) is 1.86. The lowest BCUT2D eigenvalue weighted by molar-refractivity contribution is -0.126. The molecule has 33 heavy (non-hydrogen) atoms. The summed E-state index contributed by atoms with van der Waals surface area (Å²) in [7, 11) is 0. The van der Waals surface area contributed by atoms with Crippen LogP contribution in [-0.4, -0.2) is 63.3 Å². The van der Waals surface area contributed by atoms with Crippen molar-refractivity contribution < 1.29 is 14.4 Å². The van der Waals surface area contributed by atoms with Crippen molar-refractivity contribution in [2.24, 2.45) is 0 Å². The largest absolute Gasteiger partial charge is 0.337 e. The summed E-state index contributed by atoms with van der Waals surface area (Å²) in [6, 6.07) is 5.32. The normalized spacial score (nSPS) is 18.6. The first-order chi connectivity index (χ1) is 15.9. The number of fused-ring (bicyclic) bond motifs is 1. The van der Waals surface area contributed by atoms with Crippen LogP contribution in [0.15, 0.2) is 55.2 Å². The van der Waals surface area contributed by atoms with E-state index in [1.165, 1.54) is 17.1 Å². The van der Waals surface area contributed by atoms with Gasteiger partial charge in [0.25, 0.3) is 5.91 Å². The van der Waals surface area contributed by atoms with Crippen molar-refractivity contribution in [3.63, 3.8) is 0 Å². The number of carbonyl (C=O) groups excluding carboxylic acids is 3. The van der Waals surface area contributed by atoms with E-state index < -0.39 is 0 Å². The summed E-state index contributed by atoms with van der Waals surface area (Å²) < 4.78 is 1.94. The Hall–Kier alpha value is -3.39. The number of rotatable bonds is 5. The highest BCUT2D eigenvalue weighted by molar-refractivity contribution is 6.35. The molecule has 1 aromatic heterocycles. The number of para-hydroxylation sites is 1. The molecule has 2 aromatic rings. The minimum absolute atomic E-state index is 0.118. The van der Waals surface area contributed by atoms with E-state index >= 15 is 0 Å². The number of nitrogens with zero attached hydrogens (tertiary/aromatic N) is 4. The van der Waals surface area contributed by atoms with Crippen molar-refractivity contribution in [3.8, 4) is 0 Å². The van der Waals surface area contributed by atoms with Crippen molar-refractivity contribution in [3.05, 3.63) is 60.2 Å². The van der Waals surface area contributed by atoms with Crippen LogP contribution in [0.2, 0.25) is 5.02 Å². The van der Waals surface area contributed by atoms with E-state index in [1.807, 2.05) is 16.7 Å². The average Bonchev–Trinajstić information content (AvgIpc) is 3.37. The molecule has 1 saturated heterocycles. The van der Waals surface area contributed by atoms with E-state index in [-0.39, 0.29) is 30.3 Å². The molecule has 3 heterocycles. The molecule has 1 aromatic carbocycles. The van der Waals surface area contributed by atoms with Crippen LogP contribution in [0, 0.1) is 0 Å². The molecular weight excluding hydrogens is 442 g/mol. The first kappa shape index (κ1) is 22.8. The standard InChI is InChI=1S/C24H26ClN5O3/c1-3-20(31)28-12-6-5-8-17(15-28)30-22-18(25)9-7-10-19(22)26-24(30)27-23(33)16-11-13-29(14-16)21(32)4-2/h3-4,7,9-11,17H,1-2,5-6,8,12-15H2,(H,26,27,33)/t17-/m1/s1. The van der Waals surface area contributed by atoms with Crippen LogP contribution in [0.5, 0.6) is 0 Å². The number of amides is 3. The summed E-state index contributed by atoms with van der Waals surface area (Å²) in [4.78, 5) is 45.2. The minimum atomic E-state index is -0.324. The fourth-order valence-corrected chi connectivity index (χ4v) is 4.67. The molecule has 8 nitrogen and oxygen atoms in total. The van der Waals surface area contributed by atoms with Gasteiger partial charge in [-0.3, -0.25) is 19.7 Å². The third-order valence-corrected chi connectivity index (χ3v) is 6.39. The fourth-order valence-electron chi connectivity index (χ4n) is 4.41. The van der Waals surface area contributed by atoms with E-state index in [4.69, 9.17) is 11.6 Å². The van der Waals surface area contributed by atoms with Gasteiger partial charge in [-0.25, -0.2) is 4.98 Å². The van der Waals surface area contributed by atoms with Gasteiger partial charge in [0.05, 0.1) is 28.6 Å². The number of anilines is 1. The van der Waals surface area contributed by atoms with Gasteiger partial charge in [0.2, 0.25) is 17.8 Å². The zero-order valence-corrected chi connectivity index (χ0v) is 19.1. The first-order valence-corrected chi connectivity index (χ1v) is 11.3. The maximum absolute atomic E-state index is 13.0. The monoisotopic (exact) mass is 467 g/mol. The Balaban J connectivity index is 1.67. The van der Waals surface area contributed by atoms with Crippen molar-refractivity contribution in [1.29, 1.82) is 0 Å². The smallest absolute Gasteiger partial charge is 0.255 e. The highest BCUT2D eigenvalue weighted by Crippen LogP contribution is 2.34. The lowest BCUT2D eigenvalue weighted by Crippen LogP contribution is -2.34. The molecule has 0 saturated carbocycles. The Labute approximate surface area is 197 Å². The zero-order valence-electron chi connectivity index (χ0n) is 18.3. The second kappa shape index (κ2) is 9.62. The summed E-state index contributed by atoms with van der Waals surface area (Å²) in [6.07, 6.45) is 6.91. The Morgan fingerprint density at radius 1 is 1.12 bits per heavy atom. The molecule has 1 N–H and O–H groups in total. The van der Waals surface area contributed by atoms with Crippen LogP contribution in [0.25, 0.3) is 11.0 Å². The molecule has 1 fully saturated rings. The summed E-state index contributed by atoms with van der Waals surface area (Å²) in [5, 5.41) is 3.44. The predicted octanol–water partition coefficient (Wildman–Crippen LogP) is 3.32. The molecule has 0 aliphatic carbocycles. The maximum Gasteiger partial charge on any atom is 0.255 e. The number of halogens is 1. The van der Waals surface area contributed by atoms with Gasteiger partial charge >= 0.3 is 0 Å². The van der Waals surface area contributed by atoms with E-state index in [2.05, 4.69) is 23.5 Å². The number of imidazole rings is 1. The van der Waals surface area contributed by atoms with Gasteiger partial charge in [-0.2, -0.15) is 0 Å². The van der Waals surface area contributed by atoms with Gasteiger partial charge in [0.15, 0.2) is 0 Å². The maximum atomic E-state index is 13.0. The molecular formula is C24H26ClN5O3. The number of hydrogen-bond acceptors (Lipinski definition) is 4. The quantitative estimate of drug-likeness (QED) is 0.683. The molecule has 0 unspecified atom stereocenters. The second-order valence-electron chi connectivity index (χ2n) is 8.16. The van der Waals surface area contributed by atoms with Crippen molar-refractivity contribution >= 4 is 46.3 Å². The molecule has 0 radical (unpaired) electrons. The molecule has 4 rings (SSSR count). The second-order valence-corrected chi connectivity index (χ2v) is 8.56. The van der Waals surface area contributed by atoms with E-state index in [9.17, 15) is 14.4 Å². The zero-order chi connectivity index (χ0) is 23.5. The molecule has 9 heteroatoms. The average molecular weight is 468 g/mol. The molecule has 2 aliphatic rings. The molecule has 1 atom stereocenters. The van der Waals surface area contributed by atoms with E-state index in [1.54, 1.807) is 17.0 Å². The molecule has 3 amide bonds. The van der Waals surface area contributed by atoms with Gasteiger partial charge < -0.3 is 14.4 Å². The predicted molar refractivity (Wildman–Crippen MR) is 128 cm³/mol. The summed E-state index contributed by atoms with van der Waals surface area (Å²) in [6.45, 7) is 8.80. The van der Waals surface area contributed by atoms with Crippen molar-refractivity contribution in [2.75, 3.05) is 31.5 Å². The van der Waals surface area contributed by atoms with Gasteiger partial charge in [-0.05, 0) is 43.5 Å². The Morgan fingerprint density at radius 3 is 2.64 bits per heavy atom. The number of nitrogens with one attached hydrogen (secondary N) is 1. The number of carbonyl (C=O) groups is 3. The van der Waals surface area contributed by atoms with E-state index in [0.29, 0.717) is 41.7 Å². The van der Waals surface area contributed by atoms with Crippen LogP contribution < -0.4 is 5.32 Å². The third-order valence-electron chi connectivity index (χ3n) is 6.08. The molecule has 0 spiro atoms. The third kappa shape index (κ3) is 4.57. The highest BCUT2D eigenvalue weighted by Gasteiger charge is 2.29. The van der Waals surface area contributed by atoms with Crippen molar-refractivity contribution in [2.45, 2.75) is 25.3 Å². The van der Waals surface area contributed by atoms with Crippen molar-refractivity contribution in [1.82, 2.24) is 19.4 Å². The Morgan fingerprint density at radius 2 is 1.88 bits per heavy atom. The number of aromatic nitrogens is 2. The Bertz CT molecular complexity index is 1170. The van der Waals surface area contributed by atoms with Crippen LogP contribution in [0.4, 0.5) is 5.95 Å². The molecule has 172 valence electrons. The van der Waals surface area contributed by atoms with Crippen LogP contribution in [0.3, 0.4) is 0 Å². The highest BCUT2D eigenvalue weighted by atomic mass is 35.5. The molecule has 0 bridgehead atoms. The van der Waals surface area contributed by atoms with Gasteiger partial charge in [-0.15, -0.1) is 0 Å².